The lowest BCUT2D eigenvalue weighted by molar-refractivity contribution is -0.132. The van der Waals surface area contributed by atoms with Crippen molar-refractivity contribution in [3.63, 3.8) is 0 Å². The number of ether oxygens (including phenoxy) is 3. The van der Waals surface area contributed by atoms with E-state index in [0.717, 1.165) is 12.8 Å². The van der Waals surface area contributed by atoms with E-state index in [-0.39, 0.29) is 17.7 Å². The smallest absolute Gasteiger partial charge is 0.229 e. The molecular weight excluding hydrogens is 312 g/mol. The first kappa shape index (κ1) is 17.9. The Morgan fingerprint density at radius 3 is 2.25 bits per heavy atom. The van der Waals surface area contributed by atoms with E-state index in [1.54, 1.807) is 17.0 Å². The number of carbonyl (C=O) groups is 2. The van der Waals surface area contributed by atoms with Crippen molar-refractivity contribution in [1.82, 2.24) is 4.90 Å². The average molecular weight is 336 g/mol. The molecule has 7 heteroatoms. The lowest BCUT2D eigenvalue weighted by Crippen LogP contribution is -2.42. The number of methoxy groups -OCH3 is 3. The molecule has 24 heavy (non-hydrogen) atoms. The molecule has 1 heterocycles. The van der Waals surface area contributed by atoms with E-state index in [9.17, 15) is 9.59 Å². The standard InChI is InChI=1S/C17H24N2O5/c1-11(20)19-7-5-6-12(10-19)17(21)18-13-8-14(22-2)16(24-4)15(9-13)23-3/h8-9,12H,5-7,10H2,1-4H3,(H,18,21). The van der Waals surface area contributed by atoms with Gasteiger partial charge in [0.25, 0.3) is 0 Å². The number of anilines is 1. The number of rotatable bonds is 5. The average Bonchev–Trinajstić information content (AvgIpc) is 2.60. The zero-order valence-electron chi connectivity index (χ0n) is 14.5. The number of nitrogens with zero attached hydrogens (tertiary/aromatic N) is 1. The van der Waals surface area contributed by atoms with Gasteiger partial charge in [0.2, 0.25) is 17.6 Å². The predicted molar refractivity (Wildman–Crippen MR) is 89.7 cm³/mol. The van der Waals surface area contributed by atoms with E-state index in [0.29, 0.717) is 36.0 Å². The summed E-state index contributed by atoms with van der Waals surface area (Å²) in [6.07, 6.45) is 1.59. The van der Waals surface area contributed by atoms with Crippen LogP contribution in [0.15, 0.2) is 12.1 Å². The summed E-state index contributed by atoms with van der Waals surface area (Å²) >= 11 is 0. The molecule has 1 N–H and O–H groups in total. The van der Waals surface area contributed by atoms with Gasteiger partial charge in [-0.05, 0) is 12.8 Å². The summed E-state index contributed by atoms with van der Waals surface area (Å²) in [5.41, 5.74) is 0.564. The van der Waals surface area contributed by atoms with Crippen LogP contribution in [-0.2, 0) is 9.59 Å². The Labute approximate surface area is 141 Å². The van der Waals surface area contributed by atoms with Gasteiger partial charge in [-0.1, -0.05) is 0 Å². The van der Waals surface area contributed by atoms with Gasteiger partial charge in [-0.3, -0.25) is 9.59 Å². The predicted octanol–water partition coefficient (Wildman–Crippen LogP) is 1.91. The Morgan fingerprint density at radius 2 is 1.75 bits per heavy atom. The molecule has 0 radical (unpaired) electrons. The summed E-state index contributed by atoms with van der Waals surface area (Å²) < 4.78 is 15.8. The van der Waals surface area contributed by atoms with Crippen LogP contribution in [0.5, 0.6) is 17.2 Å². The molecule has 1 aliphatic rings. The summed E-state index contributed by atoms with van der Waals surface area (Å²) in [5, 5.41) is 2.88. The Bertz CT molecular complexity index is 592. The minimum Gasteiger partial charge on any atom is -0.493 e. The number of amides is 2. The van der Waals surface area contributed by atoms with Gasteiger partial charge in [-0.2, -0.15) is 0 Å². The van der Waals surface area contributed by atoms with Crippen LogP contribution in [0.1, 0.15) is 19.8 Å². The number of nitrogens with one attached hydrogen (secondary N) is 1. The molecule has 1 aromatic carbocycles. The van der Waals surface area contributed by atoms with Crippen LogP contribution in [0.25, 0.3) is 0 Å². The first-order chi connectivity index (χ1) is 11.5. The molecule has 2 rings (SSSR count). The summed E-state index contributed by atoms with van der Waals surface area (Å²) in [6.45, 7) is 2.69. The van der Waals surface area contributed by atoms with Crippen molar-refractivity contribution >= 4 is 17.5 Å². The molecule has 0 spiro atoms. The molecule has 1 aliphatic heterocycles. The molecule has 7 nitrogen and oxygen atoms in total. The second-order valence-corrected chi connectivity index (χ2v) is 5.71. The highest BCUT2D eigenvalue weighted by Gasteiger charge is 2.27. The summed E-state index contributed by atoms with van der Waals surface area (Å²) in [7, 11) is 4.57. The van der Waals surface area contributed by atoms with E-state index in [1.807, 2.05) is 0 Å². The monoisotopic (exact) mass is 336 g/mol. The van der Waals surface area contributed by atoms with Gasteiger partial charge in [-0.25, -0.2) is 0 Å². The van der Waals surface area contributed by atoms with E-state index >= 15 is 0 Å². The van der Waals surface area contributed by atoms with Crippen molar-refractivity contribution in [2.75, 3.05) is 39.7 Å². The Morgan fingerprint density at radius 1 is 1.12 bits per heavy atom. The van der Waals surface area contributed by atoms with Crippen LogP contribution < -0.4 is 19.5 Å². The largest absolute Gasteiger partial charge is 0.493 e. The minimum absolute atomic E-state index is 0.000265. The Kier molecular flexibility index (Phi) is 5.89. The second kappa shape index (κ2) is 7.90. The van der Waals surface area contributed by atoms with Gasteiger partial charge < -0.3 is 24.4 Å². The van der Waals surface area contributed by atoms with Gasteiger partial charge in [0.15, 0.2) is 11.5 Å². The van der Waals surface area contributed by atoms with Gasteiger partial charge in [0.05, 0.1) is 27.2 Å². The highest BCUT2D eigenvalue weighted by Crippen LogP contribution is 2.40. The van der Waals surface area contributed by atoms with Crippen molar-refractivity contribution in [2.45, 2.75) is 19.8 Å². The molecular formula is C17H24N2O5. The molecule has 1 unspecified atom stereocenters. The maximum atomic E-state index is 12.5. The van der Waals surface area contributed by atoms with Crippen molar-refractivity contribution < 1.29 is 23.8 Å². The number of piperidine rings is 1. The fourth-order valence-electron chi connectivity index (χ4n) is 2.87. The minimum atomic E-state index is -0.221. The summed E-state index contributed by atoms with van der Waals surface area (Å²) in [5.74, 6) is 1.08. The van der Waals surface area contributed by atoms with Gasteiger partial charge in [0.1, 0.15) is 0 Å². The van der Waals surface area contributed by atoms with Crippen LogP contribution in [0.4, 0.5) is 5.69 Å². The van der Waals surface area contributed by atoms with Crippen LogP contribution >= 0.6 is 0 Å². The SMILES string of the molecule is COc1cc(NC(=O)C2CCCN(C(C)=O)C2)cc(OC)c1OC. The van der Waals surface area contributed by atoms with Crippen molar-refractivity contribution in [3.05, 3.63) is 12.1 Å². The van der Waals surface area contributed by atoms with Crippen molar-refractivity contribution in [1.29, 1.82) is 0 Å². The van der Waals surface area contributed by atoms with Gasteiger partial charge >= 0.3 is 0 Å². The number of hydrogen-bond donors (Lipinski definition) is 1. The fraction of sp³-hybridized carbons (Fsp3) is 0.529. The number of hydrogen-bond acceptors (Lipinski definition) is 5. The molecule has 1 aromatic rings. The molecule has 132 valence electrons. The topological polar surface area (TPSA) is 77.1 Å². The van der Waals surface area contributed by atoms with E-state index < -0.39 is 0 Å². The van der Waals surface area contributed by atoms with E-state index in [1.165, 1.54) is 28.3 Å². The molecule has 1 fully saturated rings. The number of benzene rings is 1. The molecule has 0 saturated carbocycles. The van der Waals surface area contributed by atoms with Gasteiger partial charge in [-0.15, -0.1) is 0 Å². The van der Waals surface area contributed by atoms with Crippen molar-refractivity contribution in [2.24, 2.45) is 5.92 Å². The molecule has 1 atom stereocenters. The first-order valence-corrected chi connectivity index (χ1v) is 7.86. The molecule has 2 amide bonds. The molecule has 0 aliphatic carbocycles. The van der Waals surface area contributed by atoms with Crippen LogP contribution in [0.3, 0.4) is 0 Å². The van der Waals surface area contributed by atoms with Gasteiger partial charge in [0, 0.05) is 37.8 Å². The Hall–Kier alpha value is -2.44. The summed E-state index contributed by atoms with van der Waals surface area (Å²) in [4.78, 5) is 25.7. The van der Waals surface area contributed by atoms with E-state index in [2.05, 4.69) is 5.32 Å². The van der Waals surface area contributed by atoms with Crippen molar-refractivity contribution in [3.8, 4) is 17.2 Å². The fourth-order valence-corrected chi connectivity index (χ4v) is 2.87. The van der Waals surface area contributed by atoms with Crippen LogP contribution in [0.2, 0.25) is 0 Å². The lowest BCUT2D eigenvalue weighted by atomic mass is 9.97. The number of likely N-dealkylation sites (tertiary alicyclic amines) is 1. The maximum Gasteiger partial charge on any atom is 0.229 e. The van der Waals surface area contributed by atoms with Crippen LogP contribution in [-0.4, -0.2) is 51.1 Å². The third kappa shape index (κ3) is 3.90. The van der Waals surface area contributed by atoms with Crippen LogP contribution in [0, 0.1) is 5.92 Å². The normalized spacial score (nSPS) is 17.2. The zero-order chi connectivity index (χ0) is 17.7. The zero-order valence-corrected chi connectivity index (χ0v) is 14.5. The first-order valence-electron chi connectivity index (χ1n) is 7.86. The summed E-state index contributed by atoms with van der Waals surface area (Å²) in [6, 6.07) is 3.37. The lowest BCUT2D eigenvalue weighted by Gasteiger charge is -2.31. The second-order valence-electron chi connectivity index (χ2n) is 5.71. The highest BCUT2D eigenvalue weighted by molar-refractivity contribution is 5.93. The highest BCUT2D eigenvalue weighted by atomic mass is 16.5. The van der Waals surface area contributed by atoms with E-state index in [4.69, 9.17) is 14.2 Å². The third-order valence-electron chi connectivity index (χ3n) is 4.17. The number of carbonyl (C=O) groups excluding carboxylic acids is 2. The molecule has 0 aromatic heterocycles. The molecule has 0 bridgehead atoms. The quantitative estimate of drug-likeness (QED) is 0.889. The maximum absolute atomic E-state index is 12.5. The third-order valence-corrected chi connectivity index (χ3v) is 4.17. The molecule has 1 saturated heterocycles. The Balaban J connectivity index is 2.15.